The van der Waals surface area contributed by atoms with Crippen molar-refractivity contribution < 1.29 is 4.79 Å². The number of nitrogens with zero attached hydrogens (tertiary/aromatic N) is 1. The second kappa shape index (κ2) is 5.78. The van der Waals surface area contributed by atoms with Gasteiger partial charge in [0.2, 0.25) is 5.91 Å². The van der Waals surface area contributed by atoms with Crippen molar-refractivity contribution in [2.75, 3.05) is 0 Å². The molecule has 1 N–H and O–H groups in total. The molecule has 0 saturated carbocycles. The molecule has 1 amide bonds. The van der Waals surface area contributed by atoms with Crippen molar-refractivity contribution in [3.63, 3.8) is 0 Å². The molecule has 0 aliphatic rings. The highest BCUT2D eigenvalue weighted by Gasteiger charge is 2.25. The summed E-state index contributed by atoms with van der Waals surface area (Å²) in [7, 11) is 0. The van der Waals surface area contributed by atoms with Crippen LogP contribution in [0.15, 0.2) is 5.10 Å². The molecule has 0 aromatic heterocycles. The average Bonchev–Trinajstić information content (AvgIpc) is 1.99. The number of carbonyl (C=O) groups is 1. The van der Waals surface area contributed by atoms with Crippen molar-refractivity contribution in [3.05, 3.63) is 0 Å². The number of amides is 1. The van der Waals surface area contributed by atoms with Gasteiger partial charge in [-0.15, -0.1) is 0 Å². The summed E-state index contributed by atoms with van der Waals surface area (Å²) in [6.07, 6.45) is 0. The second-order valence-corrected chi connectivity index (χ2v) is 4.55. The standard InChI is InChI=1S/C11H22N2O/c1-7(2)10(8(3)4)11(14)13-12-9(5)6/h7-8,10H,1-6H3,(H,13,14). The molecule has 0 radical (unpaired) electrons. The van der Waals surface area contributed by atoms with Crippen LogP contribution in [0.2, 0.25) is 0 Å². The van der Waals surface area contributed by atoms with Crippen LogP contribution in [0.1, 0.15) is 41.5 Å². The molecule has 82 valence electrons. The number of nitrogens with one attached hydrogen (secondary N) is 1. The van der Waals surface area contributed by atoms with Crippen LogP contribution in [0.3, 0.4) is 0 Å². The van der Waals surface area contributed by atoms with E-state index in [2.05, 4.69) is 38.2 Å². The molecule has 0 aromatic carbocycles. The Balaban J connectivity index is 4.39. The largest absolute Gasteiger partial charge is 0.273 e. The number of hydrogen-bond donors (Lipinski definition) is 1. The molecular formula is C11H22N2O. The predicted molar refractivity (Wildman–Crippen MR) is 60.1 cm³/mol. The van der Waals surface area contributed by atoms with E-state index in [0.717, 1.165) is 5.71 Å². The molecule has 0 aromatic rings. The average molecular weight is 198 g/mol. The Morgan fingerprint density at radius 1 is 1.07 bits per heavy atom. The number of hydrazone groups is 1. The molecule has 0 saturated heterocycles. The maximum atomic E-state index is 11.7. The summed E-state index contributed by atoms with van der Waals surface area (Å²) >= 11 is 0. The van der Waals surface area contributed by atoms with Crippen LogP contribution in [0.4, 0.5) is 0 Å². The lowest BCUT2D eigenvalue weighted by Crippen LogP contribution is -2.34. The molecule has 0 unspecified atom stereocenters. The van der Waals surface area contributed by atoms with Gasteiger partial charge in [0.05, 0.1) is 0 Å². The first-order valence-electron chi connectivity index (χ1n) is 5.17. The Morgan fingerprint density at radius 2 is 1.50 bits per heavy atom. The smallest absolute Gasteiger partial charge is 0.243 e. The normalized spacial score (nSPS) is 10.9. The van der Waals surface area contributed by atoms with Crippen LogP contribution >= 0.6 is 0 Å². The highest BCUT2D eigenvalue weighted by Crippen LogP contribution is 2.20. The van der Waals surface area contributed by atoms with E-state index in [1.54, 1.807) is 0 Å². The summed E-state index contributed by atoms with van der Waals surface area (Å²) < 4.78 is 0. The van der Waals surface area contributed by atoms with Gasteiger partial charge < -0.3 is 0 Å². The van der Waals surface area contributed by atoms with E-state index in [0.29, 0.717) is 11.8 Å². The Kier molecular flexibility index (Phi) is 5.43. The fourth-order valence-corrected chi connectivity index (χ4v) is 1.62. The molecule has 14 heavy (non-hydrogen) atoms. The Morgan fingerprint density at radius 3 is 1.79 bits per heavy atom. The first-order chi connectivity index (χ1) is 6.36. The molecule has 0 aliphatic carbocycles. The predicted octanol–water partition coefficient (Wildman–Crippen LogP) is 2.43. The molecule has 0 fully saturated rings. The maximum Gasteiger partial charge on any atom is 0.243 e. The monoisotopic (exact) mass is 198 g/mol. The third-order valence-corrected chi connectivity index (χ3v) is 2.13. The van der Waals surface area contributed by atoms with E-state index in [1.165, 1.54) is 0 Å². The number of rotatable bonds is 4. The highest BCUT2D eigenvalue weighted by atomic mass is 16.2. The zero-order chi connectivity index (χ0) is 11.3. The van der Waals surface area contributed by atoms with Crippen molar-refractivity contribution in [2.45, 2.75) is 41.5 Å². The van der Waals surface area contributed by atoms with E-state index >= 15 is 0 Å². The minimum atomic E-state index is 0.0243. The summed E-state index contributed by atoms with van der Waals surface area (Å²) in [5.74, 6) is 0.763. The highest BCUT2D eigenvalue weighted by molar-refractivity contribution is 5.83. The van der Waals surface area contributed by atoms with Crippen LogP contribution in [0.5, 0.6) is 0 Å². The van der Waals surface area contributed by atoms with Gasteiger partial charge in [-0.25, -0.2) is 5.43 Å². The van der Waals surface area contributed by atoms with Gasteiger partial charge >= 0.3 is 0 Å². The molecule has 0 atom stereocenters. The second-order valence-electron chi connectivity index (χ2n) is 4.55. The Hall–Kier alpha value is -0.860. The lowest BCUT2D eigenvalue weighted by molar-refractivity contribution is -0.127. The van der Waals surface area contributed by atoms with Crippen molar-refractivity contribution >= 4 is 11.6 Å². The molecule has 3 nitrogen and oxygen atoms in total. The van der Waals surface area contributed by atoms with E-state index in [-0.39, 0.29) is 11.8 Å². The maximum absolute atomic E-state index is 11.7. The third kappa shape index (κ3) is 4.40. The van der Waals surface area contributed by atoms with Crippen LogP contribution in [-0.2, 0) is 4.79 Å². The van der Waals surface area contributed by atoms with E-state index in [9.17, 15) is 4.79 Å². The van der Waals surface area contributed by atoms with Crippen molar-refractivity contribution in [2.24, 2.45) is 22.9 Å². The van der Waals surface area contributed by atoms with E-state index < -0.39 is 0 Å². The molecule has 0 rings (SSSR count). The molecule has 0 spiro atoms. The van der Waals surface area contributed by atoms with E-state index in [1.807, 2.05) is 13.8 Å². The van der Waals surface area contributed by atoms with Crippen molar-refractivity contribution in [1.82, 2.24) is 5.43 Å². The van der Waals surface area contributed by atoms with Gasteiger partial charge in [-0.2, -0.15) is 5.10 Å². The number of hydrogen-bond acceptors (Lipinski definition) is 2. The van der Waals surface area contributed by atoms with Gasteiger partial charge in [0, 0.05) is 11.6 Å². The SMILES string of the molecule is CC(C)=NNC(=O)C(C(C)C)C(C)C. The molecule has 0 aliphatic heterocycles. The zero-order valence-corrected chi connectivity index (χ0v) is 10.1. The molecule has 3 heteroatoms. The minimum Gasteiger partial charge on any atom is -0.273 e. The van der Waals surface area contributed by atoms with Crippen LogP contribution in [0.25, 0.3) is 0 Å². The summed E-state index contributed by atoms with van der Waals surface area (Å²) in [4.78, 5) is 11.7. The van der Waals surface area contributed by atoms with E-state index in [4.69, 9.17) is 0 Å². The Bertz CT molecular complexity index is 207. The summed E-state index contributed by atoms with van der Waals surface area (Å²) in [5, 5.41) is 3.93. The topological polar surface area (TPSA) is 41.5 Å². The molecule has 0 heterocycles. The van der Waals surface area contributed by atoms with Gasteiger partial charge in [-0.1, -0.05) is 27.7 Å². The summed E-state index contributed by atoms with van der Waals surface area (Å²) in [6, 6.07) is 0. The fourth-order valence-electron chi connectivity index (χ4n) is 1.62. The lowest BCUT2D eigenvalue weighted by Gasteiger charge is -2.22. The van der Waals surface area contributed by atoms with Crippen LogP contribution in [-0.4, -0.2) is 11.6 Å². The van der Waals surface area contributed by atoms with Crippen molar-refractivity contribution in [1.29, 1.82) is 0 Å². The molecular weight excluding hydrogens is 176 g/mol. The first kappa shape index (κ1) is 13.1. The lowest BCUT2D eigenvalue weighted by atomic mass is 9.85. The summed E-state index contributed by atoms with van der Waals surface area (Å²) in [6.45, 7) is 12.0. The quantitative estimate of drug-likeness (QED) is 0.547. The Labute approximate surface area is 87.0 Å². The van der Waals surface area contributed by atoms with Crippen molar-refractivity contribution in [3.8, 4) is 0 Å². The fraction of sp³-hybridized carbons (Fsp3) is 0.818. The third-order valence-electron chi connectivity index (χ3n) is 2.13. The van der Waals surface area contributed by atoms with Gasteiger partial charge in [-0.05, 0) is 25.7 Å². The summed E-state index contributed by atoms with van der Waals surface area (Å²) in [5.41, 5.74) is 3.46. The zero-order valence-electron chi connectivity index (χ0n) is 10.1. The van der Waals surface area contributed by atoms with Gasteiger partial charge in [0.25, 0.3) is 0 Å². The molecule has 0 bridgehead atoms. The first-order valence-corrected chi connectivity index (χ1v) is 5.17. The number of carbonyl (C=O) groups excluding carboxylic acids is 1. The van der Waals surface area contributed by atoms with Gasteiger partial charge in [0.15, 0.2) is 0 Å². The van der Waals surface area contributed by atoms with Gasteiger partial charge in [0.1, 0.15) is 0 Å². The minimum absolute atomic E-state index is 0.0243. The van der Waals surface area contributed by atoms with Gasteiger partial charge in [-0.3, -0.25) is 4.79 Å². The van der Waals surface area contributed by atoms with Crippen LogP contribution < -0.4 is 5.43 Å². The van der Waals surface area contributed by atoms with Crippen LogP contribution in [0, 0.1) is 17.8 Å².